The van der Waals surface area contributed by atoms with Crippen molar-refractivity contribution in [3.05, 3.63) is 30.3 Å². The summed E-state index contributed by atoms with van der Waals surface area (Å²) in [6.07, 6.45) is 1.64. The zero-order valence-corrected chi connectivity index (χ0v) is 13.0. The average Bonchev–Trinajstić information content (AvgIpc) is 3.09. The van der Waals surface area contributed by atoms with E-state index in [0.717, 1.165) is 24.3 Å². The van der Waals surface area contributed by atoms with Crippen LogP contribution in [0.15, 0.2) is 30.3 Å². The van der Waals surface area contributed by atoms with E-state index in [0.29, 0.717) is 5.69 Å². The molecule has 0 spiro atoms. The lowest BCUT2D eigenvalue weighted by Crippen LogP contribution is -2.61. The summed E-state index contributed by atoms with van der Waals surface area (Å²) in [7, 11) is 0. The topological polar surface area (TPSA) is 108 Å². The second kappa shape index (κ2) is 6.79. The van der Waals surface area contributed by atoms with E-state index in [2.05, 4.69) is 16.0 Å². The van der Waals surface area contributed by atoms with Crippen LogP contribution in [0.3, 0.4) is 0 Å². The highest BCUT2D eigenvalue weighted by molar-refractivity contribution is 6.27. The number of amides is 5. The van der Waals surface area contributed by atoms with E-state index in [1.807, 2.05) is 0 Å². The molecule has 0 aromatic heterocycles. The van der Waals surface area contributed by atoms with E-state index in [9.17, 15) is 19.2 Å². The lowest BCUT2D eigenvalue weighted by Gasteiger charge is -2.30. The Balaban J connectivity index is 1.70. The Hall–Kier alpha value is -2.74. The van der Waals surface area contributed by atoms with Gasteiger partial charge in [-0.25, -0.2) is 9.69 Å². The number of imide groups is 2. The molecule has 2 heterocycles. The smallest absolute Gasteiger partial charge is 0.335 e. The molecule has 3 N–H and O–H groups in total. The standard InChI is InChI=1S/C16H18N4O4/c21-13-11(9-18-14(22)12-7-4-8-17-12)15(23)20(16(24)19-13)10-5-2-1-3-6-10/h1-3,5-6,11-12,17H,4,7-9H2,(H,18,22)(H,19,21,24)/t11?,12-/m0/s1. The molecule has 2 fully saturated rings. The number of hydrogen-bond donors (Lipinski definition) is 3. The summed E-state index contributed by atoms with van der Waals surface area (Å²) in [5.41, 5.74) is 0.376. The van der Waals surface area contributed by atoms with Gasteiger partial charge in [0.05, 0.1) is 11.7 Å². The van der Waals surface area contributed by atoms with Gasteiger partial charge in [0.25, 0.3) is 0 Å². The molecule has 2 saturated heterocycles. The SMILES string of the molecule is O=C1NC(=O)N(c2ccccc2)C(=O)C1CNC(=O)[C@@H]1CCCN1. The molecule has 1 aromatic rings. The third kappa shape index (κ3) is 3.13. The highest BCUT2D eigenvalue weighted by Gasteiger charge is 2.41. The first-order valence-corrected chi connectivity index (χ1v) is 7.83. The van der Waals surface area contributed by atoms with Crippen LogP contribution in [0.4, 0.5) is 10.5 Å². The number of para-hydroxylation sites is 1. The lowest BCUT2D eigenvalue weighted by atomic mass is 10.0. The quantitative estimate of drug-likeness (QED) is 0.660. The van der Waals surface area contributed by atoms with Gasteiger partial charge >= 0.3 is 6.03 Å². The zero-order valence-electron chi connectivity index (χ0n) is 13.0. The fourth-order valence-electron chi connectivity index (χ4n) is 2.85. The van der Waals surface area contributed by atoms with E-state index in [-0.39, 0.29) is 18.5 Å². The second-order valence-electron chi connectivity index (χ2n) is 5.75. The van der Waals surface area contributed by atoms with Gasteiger partial charge in [-0.05, 0) is 31.5 Å². The first-order valence-electron chi connectivity index (χ1n) is 7.83. The summed E-state index contributed by atoms with van der Waals surface area (Å²) in [4.78, 5) is 49.5. The van der Waals surface area contributed by atoms with Crippen LogP contribution in [0.2, 0.25) is 0 Å². The molecule has 0 radical (unpaired) electrons. The molecule has 0 aliphatic carbocycles. The minimum Gasteiger partial charge on any atom is -0.353 e. The zero-order chi connectivity index (χ0) is 17.1. The summed E-state index contributed by atoms with van der Waals surface area (Å²) in [6, 6.07) is 7.27. The van der Waals surface area contributed by atoms with E-state index in [1.165, 1.54) is 0 Å². The molecule has 126 valence electrons. The van der Waals surface area contributed by atoms with Crippen molar-refractivity contribution in [2.45, 2.75) is 18.9 Å². The van der Waals surface area contributed by atoms with Crippen molar-refractivity contribution in [2.24, 2.45) is 5.92 Å². The van der Waals surface area contributed by atoms with Gasteiger partial charge in [-0.1, -0.05) is 18.2 Å². The second-order valence-corrected chi connectivity index (χ2v) is 5.75. The third-order valence-corrected chi connectivity index (χ3v) is 4.14. The monoisotopic (exact) mass is 330 g/mol. The molecule has 1 aromatic carbocycles. The number of barbiturate groups is 1. The van der Waals surface area contributed by atoms with Crippen molar-refractivity contribution in [2.75, 3.05) is 18.0 Å². The number of carbonyl (C=O) groups is 4. The van der Waals surface area contributed by atoms with Crippen LogP contribution in [0, 0.1) is 5.92 Å². The van der Waals surface area contributed by atoms with Crippen molar-refractivity contribution in [1.82, 2.24) is 16.0 Å². The number of hydrogen-bond acceptors (Lipinski definition) is 5. The van der Waals surface area contributed by atoms with Crippen LogP contribution in [0.5, 0.6) is 0 Å². The van der Waals surface area contributed by atoms with Gasteiger partial charge in [0, 0.05) is 6.54 Å². The van der Waals surface area contributed by atoms with Crippen molar-refractivity contribution in [3.63, 3.8) is 0 Å². The van der Waals surface area contributed by atoms with Crippen LogP contribution in [0.1, 0.15) is 12.8 Å². The third-order valence-electron chi connectivity index (χ3n) is 4.14. The number of nitrogens with one attached hydrogen (secondary N) is 3. The molecule has 8 nitrogen and oxygen atoms in total. The van der Waals surface area contributed by atoms with E-state index < -0.39 is 23.8 Å². The molecular formula is C16H18N4O4. The van der Waals surface area contributed by atoms with Crippen LogP contribution in [0.25, 0.3) is 0 Å². The van der Waals surface area contributed by atoms with Gasteiger partial charge in [-0.15, -0.1) is 0 Å². The van der Waals surface area contributed by atoms with Crippen LogP contribution in [-0.2, 0) is 14.4 Å². The van der Waals surface area contributed by atoms with Gasteiger partial charge in [-0.2, -0.15) is 0 Å². The Labute approximate surface area is 138 Å². The van der Waals surface area contributed by atoms with Crippen molar-refractivity contribution >= 4 is 29.4 Å². The molecule has 2 atom stereocenters. The van der Waals surface area contributed by atoms with Crippen LogP contribution < -0.4 is 20.9 Å². The average molecular weight is 330 g/mol. The Morgan fingerprint density at radius 3 is 2.62 bits per heavy atom. The minimum atomic E-state index is -1.13. The predicted molar refractivity (Wildman–Crippen MR) is 85.0 cm³/mol. The fraction of sp³-hybridized carbons (Fsp3) is 0.375. The highest BCUT2D eigenvalue weighted by atomic mass is 16.2. The maximum absolute atomic E-state index is 12.6. The largest absolute Gasteiger partial charge is 0.353 e. The van der Waals surface area contributed by atoms with Gasteiger partial charge in [0.2, 0.25) is 17.7 Å². The maximum Gasteiger partial charge on any atom is 0.335 e. The van der Waals surface area contributed by atoms with Crippen molar-refractivity contribution in [3.8, 4) is 0 Å². The van der Waals surface area contributed by atoms with Crippen LogP contribution >= 0.6 is 0 Å². The Morgan fingerprint density at radius 1 is 1.21 bits per heavy atom. The first kappa shape index (κ1) is 16.1. The molecule has 0 saturated carbocycles. The first-order chi connectivity index (χ1) is 11.6. The molecule has 24 heavy (non-hydrogen) atoms. The number of rotatable bonds is 4. The molecule has 0 bridgehead atoms. The van der Waals surface area contributed by atoms with Crippen molar-refractivity contribution < 1.29 is 19.2 Å². The van der Waals surface area contributed by atoms with Gasteiger partial charge in [0.1, 0.15) is 5.92 Å². The summed E-state index contributed by atoms with van der Waals surface area (Å²) in [6.45, 7) is 0.634. The molecule has 8 heteroatoms. The fourth-order valence-corrected chi connectivity index (χ4v) is 2.85. The molecule has 1 unspecified atom stereocenters. The van der Waals surface area contributed by atoms with E-state index >= 15 is 0 Å². The molecule has 2 aliphatic rings. The van der Waals surface area contributed by atoms with E-state index in [1.54, 1.807) is 30.3 Å². The molecule has 5 amide bonds. The van der Waals surface area contributed by atoms with Gasteiger partial charge in [-0.3, -0.25) is 19.7 Å². The minimum absolute atomic E-state index is 0.141. The Morgan fingerprint density at radius 2 is 1.96 bits per heavy atom. The van der Waals surface area contributed by atoms with Crippen molar-refractivity contribution in [1.29, 1.82) is 0 Å². The Kier molecular flexibility index (Phi) is 4.57. The van der Waals surface area contributed by atoms with Crippen LogP contribution in [-0.4, -0.2) is 42.9 Å². The number of benzene rings is 1. The number of urea groups is 1. The Bertz CT molecular complexity index is 670. The van der Waals surface area contributed by atoms with Gasteiger partial charge < -0.3 is 10.6 Å². The number of nitrogens with zero attached hydrogens (tertiary/aromatic N) is 1. The number of carbonyl (C=O) groups excluding carboxylic acids is 4. The predicted octanol–water partition coefficient (Wildman–Crippen LogP) is -0.246. The summed E-state index contributed by atoms with van der Waals surface area (Å²) < 4.78 is 0. The normalized spacial score (nSPS) is 24.0. The van der Waals surface area contributed by atoms with Gasteiger partial charge in [0.15, 0.2) is 0 Å². The maximum atomic E-state index is 12.6. The highest BCUT2D eigenvalue weighted by Crippen LogP contribution is 2.20. The summed E-state index contributed by atoms with van der Waals surface area (Å²) in [5.74, 6) is -2.71. The lowest BCUT2D eigenvalue weighted by molar-refractivity contribution is -0.134. The molecular weight excluding hydrogens is 312 g/mol. The summed E-state index contributed by atoms with van der Waals surface area (Å²) in [5, 5.41) is 7.83. The molecule has 2 aliphatic heterocycles. The van der Waals surface area contributed by atoms with E-state index in [4.69, 9.17) is 0 Å². The molecule has 3 rings (SSSR count). The number of anilines is 1. The summed E-state index contributed by atoms with van der Waals surface area (Å²) >= 11 is 0.